The average molecular weight is 185 g/mol. The Morgan fingerprint density at radius 1 is 1.31 bits per heavy atom. The van der Waals surface area contributed by atoms with E-state index in [1.807, 2.05) is 0 Å². The highest BCUT2D eigenvalue weighted by Crippen LogP contribution is 2.33. The summed E-state index contributed by atoms with van der Waals surface area (Å²) in [5, 5.41) is 13.9. The lowest BCUT2D eigenvalue weighted by atomic mass is 9.73. The minimum Gasteiger partial charge on any atom is -0.389 e. The second-order valence-corrected chi connectivity index (χ2v) is 4.56. The molecule has 1 aliphatic heterocycles. The van der Waals surface area contributed by atoms with E-state index < -0.39 is 5.60 Å². The molecule has 1 saturated heterocycles. The van der Waals surface area contributed by atoms with Gasteiger partial charge >= 0.3 is 0 Å². The highest BCUT2D eigenvalue weighted by atomic mass is 16.3. The van der Waals surface area contributed by atoms with E-state index in [9.17, 15) is 5.11 Å². The fourth-order valence-electron chi connectivity index (χ4n) is 2.31. The molecule has 0 aliphatic carbocycles. The van der Waals surface area contributed by atoms with E-state index in [4.69, 9.17) is 0 Å². The lowest BCUT2D eigenvalue weighted by Crippen LogP contribution is -2.54. The molecule has 0 radical (unpaired) electrons. The topological polar surface area (TPSA) is 32.3 Å². The Hall–Kier alpha value is -0.0800. The van der Waals surface area contributed by atoms with Gasteiger partial charge in [-0.15, -0.1) is 0 Å². The molecule has 1 fully saturated rings. The maximum atomic E-state index is 10.5. The zero-order valence-corrected chi connectivity index (χ0v) is 9.14. The van der Waals surface area contributed by atoms with Gasteiger partial charge in [0, 0.05) is 13.1 Å². The van der Waals surface area contributed by atoms with Gasteiger partial charge in [0.25, 0.3) is 0 Å². The molecular weight excluding hydrogens is 162 g/mol. The molecule has 0 spiro atoms. The van der Waals surface area contributed by atoms with Crippen LogP contribution in [0.1, 0.15) is 40.0 Å². The van der Waals surface area contributed by atoms with E-state index in [2.05, 4.69) is 26.1 Å². The van der Waals surface area contributed by atoms with Crippen molar-refractivity contribution in [1.29, 1.82) is 0 Å². The molecule has 0 aromatic carbocycles. The third-order valence-electron chi connectivity index (χ3n) is 3.54. The quantitative estimate of drug-likeness (QED) is 0.702. The van der Waals surface area contributed by atoms with E-state index in [1.165, 1.54) is 6.42 Å². The third-order valence-corrected chi connectivity index (χ3v) is 3.54. The Morgan fingerprint density at radius 2 is 1.85 bits per heavy atom. The number of nitrogens with one attached hydrogen (secondary N) is 1. The molecule has 78 valence electrons. The number of aliphatic hydroxyl groups is 1. The molecule has 0 amide bonds. The van der Waals surface area contributed by atoms with Crippen LogP contribution < -0.4 is 5.32 Å². The molecule has 2 heteroatoms. The predicted octanol–water partition coefficient (Wildman–Crippen LogP) is 1.78. The predicted molar refractivity (Wildman–Crippen MR) is 55.7 cm³/mol. The Labute approximate surface area is 81.7 Å². The summed E-state index contributed by atoms with van der Waals surface area (Å²) in [4.78, 5) is 0. The van der Waals surface area contributed by atoms with Crippen LogP contribution in [0.4, 0.5) is 0 Å². The molecule has 2 nitrogen and oxygen atoms in total. The maximum absolute atomic E-state index is 10.5. The first kappa shape index (κ1) is 11.0. The summed E-state index contributed by atoms with van der Waals surface area (Å²) in [6, 6.07) is 0. The highest BCUT2D eigenvalue weighted by Gasteiger charge is 2.40. The first-order valence-corrected chi connectivity index (χ1v) is 5.54. The van der Waals surface area contributed by atoms with Crippen LogP contribution >= 0.6 is 0 Å². The highest BCUT2D eigenvalue weighted by molar-refractivity contribution is 4.94. The molecule has 0 aromatic heterocycles. The van der Waals surface area contributed by atoms with Crippen molar-refractivity contribution in [2.24, 2.45) is 11.8 Å². The summed E-state index contributed by atoms with van der Waals surface area (Å²) in [6.07, 6.45) is 3.29. The summed E-state index contributed by atoms with van der Waals surface area (Å²) < 4.78 is 0. The molecule has 0 saturated carbocycles. The van der Waals surface area contributed by atoms with Crippen molar-refractivity contribution < 1.29 is 5.11 Å². The van der Waals surface area contributed by atoms with Gasteiger partial charge in [-0.2, -0.15) is 0 Å². The fraction of sp³-hybridized carbons (Fsp3) is 1.00. The second-order valence-electron chi connectivity index (χ2n) is 4.56. The van der Waals surface area contributed by atoms with Crippen LogP contribution in [-0.2, 0) is 0 Å². The average Bonchev–Trinajstić information content (AvgIpc) is 2.11. The first-order valence-electron chi connectivity index (χ1n) is 5.54. The Kier molecular flexibility index (Phi) is 3.74. The van der Waals surface area contributed by atoms with Crippen LogP contribution in [0.25, 0.3) is 0 Å². The molecule has 1 rings (SSSR count). The summed E-state index contributed by atoms with van der Waals surface area (Å²) >= 11 is 0. The molecule has 0 unspecified atom stereocenters. The van der Waals surface area contributed by atoms with Crippen LogP contribution in [0.15, 0.2) is 0 Å². The van der Waals surface area contributed by atoms with E-state index >= 15 is 0 Å². The summed E-state index contributed by atoms with van der Waals surface area (Å²) in [6.45, 7) is 8.41. The number of rotatable bonds is 3. The van der Waals surface area contributed by atoms with Gasteiger partial charge in [0.15, 0.2) is 0 Å². The van der Waals surface area contributed by atoms with Gasteiger partial charge in [0.05, 0.1) is 5.60 Å². The van der Waals surface area contributed by atoms with Gasteiger partial charge < -0.3 is 10.4 Å². The number of piperidine rings is 1. The van der Waals surface area contributed by atoms with Gasteiger partial charge in [0.2, 0.25) is 0 Å². The van der Waals surface area contributed by atoms with Crippen LogP contribution in [0.3, 0.4) is 0 Å². The van der Waals surface area contributed by atoms with E-state index in [1.54, 1.807) is 0 Å². The molecule has 1 heterocycles. The van der Waals surface area contributed by atoms with E-state index in [0.717, 1.165) is 25.9 Å². The van der Waals surface area contributed by atoms with Crippen LogP contribution in [0, 0.1) is 11.8 Å². The van der Waals surface area contributed by atoms with Crippen molar-refractivity contribution >= 4 is 0 Å². The molecule has 2 N–H and O–H groups in total. The molecular formula is C11H23NO. The molecule has 13 heavy (non-hydrogen) atoms. The lowest BCUT2D eigenvalue weighted by Gasteiger charge is -2.44. The number of unbranched alkanes of at least 4 members (excludes halogenated alkanes) is 1. The van der Waals surface area contributed by atoms with Crippen LogP contribution in [-0.4, -0.2) is 23.8 Å². The smallest absolute Gasteiger partial charge is 0.0722 e. The van der Waals surface area contributed by atoms with Gasteiger partial charge in [-0.25, -0.2) is 0 Å². The monoisotopic (exact) mass is 185 g/mol. The summed E-state index contributed by atoms with van der Waals surface area (Å²) in [5.41, 5.74) is -0.415. The Morgan fingerprint density at radius 3 is 2.31 bits per heavy atom. The number of hydrogen-bond donors (Lipinski definition) is 2. The summed E-state index contributed by atoms with van der Waals surface area (Å²) in [5.74, 6) is 0.783. The Balaban J connectivity index is 2.58. The first-order chi connectivity index (χ1) is 6.11. The van der Waals surface area contributed by atoms with Crippen molar-refractivity contribution in [3.05, 3.63) is 0 Å². The second kappa shape index (κ2) is 4.43. The van der Waals surface area contributed by atoms with Gasteiger partial charge in [-0.1, -0.05) is 33.6 Å². The maximum Gasteiger partial charge on any atom is 0.0722 e. The van der Waals surface area contributed by atoms with Crippen molar-refractivity contribution in [2.45, 2.75) is 45.6 Å². The molecule has 0 aromatic rings. The van der Waals surface area contributed by atoms with E-state index in [0.29, 0.717) is 11.8 Å². The zero-order chi connectivity index (χ0) is 9.90. The number of hydrogen-bond acceptors (Lipinski definition) is 2. The fourth-order valence-corrected chi connectivity index (χ4v) is 2.31. The van der Waals surface area contributed by atoms with Crippen molar-refractivity contribution in [3.63, 3.8) is 0 Å². The standard InChI is InChI=1S/C11H23NO/c1-4-5-6-11(13)9(2)7-12-8-10(11)3/h9-10,12-13H,4-8H2,1-3H3/t9-,10+,11-. The molecule has 1 aliphatic rings. The van der Waals surface area contributed by atoms with Gasteiger partial charge in [-0.05, 0) is 18.3 Å². The lowest BCUT2D eigenvalue weighted by molar-refractivity contribution is -0.0813. The third kappa shape index (κ3) is 2.23. The van der Waals surface area contributed by atoms with Crippen molar-refractivity contribution in [1.82, 2.24) is 5.32 Å². The van der Waals surface area contributed by atoms with Gasteiger partial charge in [0.1, 0.15) is 0 Å². The summed E-state index contributed by atoms with van der Waals surface area (Å²) in [7, 11) is 0. The zero-order valence-electron chi connectivity index (χ0n) is 9.14. The van der Waals surface area contributed by atoms with Crippen molar-refractivity contribution in [2.75, 3.05) is 13.1 Å². The SMILES string of the molecule is CCCC[C@@]1(O)[C@H](C)CNC[C@@H]1C. The normalized spacial score (nSPS) is 40.6. The van der Waals surface area contributed by atoms with Crippen molar-refractivity contribution in [3.8, 4) is 0 Å². The van der Waals surface area contributed by atoms with Crippen LogP contribution in [0.5, 0.6) is 0 Å². The largest absolute Gasteiger partial charge is 0.389 e. The Bertz CT molecular complexity index is 148. The van der Waals surface area contributed by atoms with Gasteiger partial charge in [-0.3, -0.25) is 0 Å². The molecule has 0 bridgehead atoms. The molecule has 3 atom stereocenters. The minimum atomic E-state index is -0.415. The van der Waals surface area contributed by atoms with Crippen LogP contribution in [0.2, 0.25) is 0 Å². The minimum absolute atomic E-state index is 0.391. The van der Waals surface area contributed by atoms with E-state index in [-0.39, 0.29) is 0 Å².